The molecule has 2 rings (SSSR count). The van der Waals surface area contributed by atoms with Crippen molar-refractivity contribution in [1.82, 2.24) is 5.32 Å². The normalized spacial score (nSPS) is 16.2. The minimum atomic E-state index is -2.29. The zero-order valence-corrected chi connectivity index (χ0v) is 10.1. The maximum atomic E-state index is 13.3. The molecule has 0 atom stereocenters. The second kappa shape index (κ2) is 5.74. The second-order valence-corrected chi connectivity index (χ2v) is 4.34. The van der Waals surface area contributed by atoms with Crippen molar-refractivity contribution >= 4 is 5.97 Å². The summed E-state index contributed by atoms with van der Waals surface area (Å²) in [6.07, 6.45) is 0.739. The summed E-state index contributed by atoms with van der Waals surface area (Å²) < 4.78 is 69.7. The first-order valence-corrected chi connectivity index (χ1v) is 5.87. The van der Waals surface area contributed by atoms with Crippen molar-refractivity contribution in [3.05, 3.63) is 29.1 Å². The van der Waals surface area contributed by atoms with Gasteiger partial charge in [-0.05, 0) is 25.9 Å². The van der Waals surface area contributed by atoms with Crippen molar-refractivity contribution < 1.29 is 31.5 Å². The Morgan fingerprint density at radius 1 is 0.900 bits per heavy atom. The van der Waals surface area contributed by atoms with E-state index in [4.69, 9.17) is 0 Å². The molecule has 1 aromatic carbocycles. The minimum absolute atomic E-state index is 0.369. The van der Waals surface area contributed by atoms with Crippen LogP contribution in [0.25, 0.3) is 0 Å². The zero-order chi connectivity index (χ0) is 14.9. The van der Waals surface area contributed by atoms with Gasteiger partial charge in [-0.15, -0.1) is 0 Å². The van der Waals surface area contributed by atoms with E-state index >= 15 is 0 Å². The predicted octanol–water partition coefficient (Wildman–Crippen LogP) is 2.29. The minimum Gasteiger partial charge on any atom is -0.420 e. The van der Waals surface area contributed by atoms with E-state index in [1.165, 1.54) is 0 Å². The van der Waals surface area contributed by atoms with Crippen molar-refractivity contribution in [2.24, 2.45) is 5.92 Å². The molecule has 1 saturated heterocycles. The van der Waals surface area contributed by atoms with E-state index in [0.29, 0.717) is 25.9 Å². The van der Waals surface area contributed by atoms with Crippen LogP contribution in [0.5, 0.6) is 5.75 Å². The Morgan fingerprint density at radius 3 is 1.85 bits per heavy atom. The van der Waals surface area contributed by atoms with Crippen LogP contribution in [-0.4, -0.2) is 19.1 Å². The molecule has 1 N–H and O–H groups in total. The molecule has 0 amide bonds. The topological polar surface area (TPSA) is 38.3 Å². The molecule has 0 aliphatic carbocycles. The van der Waals surface area contributed by atoms with Gasteiger partial charge in [0.2, 0.25) is 34.8 Å². The number of esters is 1. The highest BCUT2D eigenvalue weighted by molar-refractivity contribution is 5.75. The van der Waals surface area contributed by atoms with E-state index < -0.39 is 46.7 Å². The van der Waals surface area contributed by atoms with Crippen LogP contribution < -0.4 is 10.1 Å². The number of nitrogens with one attached hydrogen (secondary N) is 1. The van der Waals surface area contributed by atoms with Crippen LogP contribution in [0, 0.1) is 35.0 Å². The van der Waals surface area contributed by atoms with Crippen molar-refractivity contribution in [2.75, 3.05) is 13.1 Å². The Labute approximate surface area is 110 Å². The molecule has 0 saturated carbocycles. The lowest BCUT2D eigenvalue weighted by Gasteiger charge is -2.21. The molecule has 0 unspecified atom stereocenters. The van der Waals surface area contributed by atoms with Crippen LogP contribution in [0.15, 0.2) is 0 Å². The zero-order valence-electron chi connectivity index (χ0n) is 10.1. The van der Waals surface area contributed by atoms with Gasteiger partial charge in [0.1, 0.15) is 0 Å². The number of carbonyl (C=O) groups excluding carboxylic acids is 1. The first-order chi connectivity index (χ1) is 9.43. The maximum Gasteiger partial charge on any atom is 0.314 e. The number of hydrogen-bond acceptors (Lipinski definition) is 3. The van der Waals surface area contributed by atoms with Gasteiger partial charge in [0.25, 0.3) is 0 Å². The highest BCUT2D eigenvalue weighted by Gasteiger charge is 2.31. The summed E-state index contributed by atoms with van der Waals surface area (Å²) in [5.41, 5.74) is 0. The lowest BCUT2D eigenvalue weighted by atomic mass is 9.98. The Bertz CT molecular complexity index is 514. The highest BCUT2D eigenvalue weighted by atomic mass is 19.2. The largest absolute Gasteiger partial charge is 0.420 e. The lowest BCUT2D eigenvalue weighted by Crippen LogP contribution is -2.34. The summed E-state index contributed by atoms with van der Waals surface area (Å²) in [5, 5.41) is 2.96. The Hall–Kier alpha value is -1.70. The van der Waals surface area contributed by atoms with Crippen molar-refractivity contribution in [2.45, 2.75) is 12.8 Å². The molecule has 1 aliphatic heterocycles. The first-order valence-electron chi connectivity index (χ1n) is 5.87. The van der Waals surface area contributed by atoms with E-state index in [2.05, 4.69) is 10.1 Å². The van der Waals surface area contributed by atoms with Gasteiger partial charge < -0.3 is 10.1 Å². The average Bonchev–Trinajstić information content (AvgIpc) is 2.48. The summed E-state index contributed by atoms with van der Waals surface area (Å²) in [6, 6.07) is 0. The van der Waals surface area contributed by atoms with Crippen LogP contribution in [0.4, 0.5) is 22.0 Å². The number of ether oxygens (including phenoxy) is 1. The van der Waals surface area contributed by atoms with Crippen LogP contribution in [0.1, 0.15) is 12.8 Å². The third-order valence-electron chi connectivity index (χ3n) is 3.04. The fraction of sp³-hybridized carbons (Fsp3) is 0.417. The molecule has 3 nitrogen and oxygen atoms in total. The Morgan fingerprint density at radius 2 is 1.35 bits per heavy atom. The van der Waals surface area contributed by atoms with Gasteiger partial charge >= 0.3 is 5.97 Å². The van der Waals surface area contributed by atoms with Crippen molar-refractivity contribution in [3.63, 3.8) is 0 Å². The van der Waals surface area contributed by atoms with Crippen LogP contribution in [0.2, 0.25) is 0 Å². The average molecular weight is 295 g/mol. The van der Waals surface area contributed by atoms with Gasteiger partial charge in [0.15, 0.2) is 0 Å². The van der Waals surface area contributed by atoms with Gasteiger partial charge in [-0.2, -0.15) is 8.78 Å². The smallest absolute Gasteiger partial charge is 0.314 e. The van der Waals surface area contributed by atoms with Crippen LogP contribution in [0.3, 0.4) is 0 Å². The molecule has 0 aromatic heterocycles. The van der Waals surface area contributed by atoms with E-state index in [1.54, 1.807) is 0 Å². The van der Waals surface area contributed by atoms with Gasteiger partial charge in [-0.3, -0.25) is 4.79 Å². The highest BCUT2D eigenvalue weighted by Crippen LogP contribution is 2.30. The summed E-state index contributed by atoms with van der Waals surface area (Å²) in [7, 11) is 0. The van der Waals surface area contributed by atoms with Crippen molar-refractivity contribution in [3.8, 4) is 5.75 Å². The van der Waals surface area contributed by atoms with E-state index in [-0.39, 0.29) is 0 Å². The number of rotatable bonds is 2. The number of piperidine rings is 1. The van der Waals surface area contributed by atoms with Gasteiger partial charge in [-0.25, -0.2) is 13.2 Å². The molecule has 0 spiro atoms. The third kappa shape index (κ3) is 2.60. The van der Waals surface area contributed by atoms with E-state index in [9.17, 15) is 26.7 Å². The molecule has 0 radical (unpaired) electrons. The fourth-order valence-corrected chi connectivity index (χ4v) is 1.92. The Balaban J connectivity index is 2.27. The first kappa shape index (κ1) is 14.7. The van der Waals surface area contributed by atoms with E-state index in [0.717, 1.165) is 0 Å². The molecule has 20 heavy (non-hydrogen) atoms. The predicted molar refractivity (Wildman–Crippen MR) is 57.5 cm³/mol. The number of carbonyl (C=O) groups is 1. The SMILES string of the molecule is O=C(Oc1c(F)c(F)c(F)c(F)c1F)C1CCNCC1. The summed E-state index contributed by atoms with van der Waals surface area (Å²) in [4.78, 5) is 11.7. The second-order valence-electron chi connectivity index (χ2n) is 4.34. The molecule has 1 aliphatic rings. The molecular weight excluding hydrogens is 285 g/mol. The molecule has 1 fully saturated rings. The van der Waals surface area contributed by atoms with Crippen LogP contribution >= 0.6 is 0 Å². The maximum absolute atomic E-state index is 13.3. The van der Waals surface area contributed by atoms with E-state index in [1.807, 2.05) is 0 Å². The molecular formula is C12H10F5NO2. The molecule has 110 valence electrons. The molecule has 0 bridgehead atoms. The lowest BCUT2D eigenvalue weighted by molar-refractivity contribution is -0.140. The quantitative estimate of drug-likeness (QED) is 0.299. The Kier molecular flexibility index (Phi) is 4.22. The monoisotopic (exact) mass is 295 g/mol. The van der Waals surface area contributed by atoms with Gasteiger partial charge in [-0.1, -0.05) is 0 Å². The number of benzene rings is 1. The molecule has 1 heterocycles. The summed E-state index contributed by atoms with van der Waals surface area (Å²) >= 11 is 0. The molecule has 8 heteroatoms. The van der Waals surface area contributed by atoms with Gasteiger partial charge in [0.05, 0.1) is 5.92 Å². The summed E-state index contributed by atoms with van der Waals surface area (Å²) in [5.74, 6) is -14.1. The molecule has 1 aromatic rings. The fourth-order valence-electron chi connectivity index (χ4n) is 1.92. The van der Waals surface area contributed by atoms with Gasteiger partial charge in [0, 0.05) is 0 Å². The third-order valence-corrected chi connectivity index (χ3v) is 3.04. The number of hydrogen-bond donors (Lipinski definition) is 1. The summed E-state index contributed by atoms with van der Waals surface area (Å²) in [6.45, 7) is 1.02. The standard InChI is InChI=1S/C12H10F5NO2/c13-6-7(14)9(16)11(10(17)8(6)15)20-12(19)5-1-3-18-4-2-5/h5,18H,1-4H2. The van der Waals surface area contributed by atoms with Crippen LogP contribution in [-0.2, 0) is 4.79 Å². The number of halogens is 5. The van der Waals surface area contributed by atoms with Crippen molar-refractivity contribution in [1.29, 1.82) is 0 Å².